The van der Waals surface area contributed by atoms with Crippen LogP contribution in [0.3, 0.4) is 0 Å². The summed E-state index contributed by atoms with van der Waals surface area (Å²) in [6.45, 7) is 9.63. The number of allylic oxidation sites excluding steroid dienone is 2. The summed E-state index contributed by atoms with van der Waals surface area (Å²) in [6, 6.07) is 0. The highest BCUT2D eigenvalue weighted by atomic mass is 16.5. The van der Waals surface area contributed by atoms with Crippen molar-refractivity contribution < 1.29 is 4.74 Å². The molecule has 0 radical (unpaired) electrons. The Balaban J connectivity index is 3.24. The van der Waals surface area contributed by atoms with Gasteiger partial charge in [-0.05, 0) is 13.0 Å². The lowest BCUT2D eigenvalue weighted by Crippen LogP contribution is -1.78. The Morgan fingerprint density at radius 2 is 2.33 bits per heavy atom. The molecule has 1 nitrogen and oxygen atoms in total. The minimum absolute atomic E-state index is 0.559. The van der Waals surface area contributed by atoms with Crippen LogP contribution in [0.5, 0.6) is 0 Å². The van der Waals surface area contributed by atoms with E-state index in [0.29, 0.717) is 6.61 Å². The van der Waals surface area contributed by atoms with Crippen molar-refractivity contribution in [1.82, 2.24) is 0 Å². The van der Waals surface area contributed by atoms with Crippen molar-refractivity contribution in [3.05, 3.63) is 37.1 Å². The lowest BCUT2D eigenvalue weighted by atomic mass is 10.3. The van der Waals surface area contributed by atoms with Gasteiger partial charge in [-0.3, -0.25) is 0 Å². The fourth-order valence-corrected chi connectivity index (χ4v) is 0.288. The van der Waals surface area contributed by atoms with Crippen molar-refractivity contribution in [1.29, 1.82) is 0 Å². The van der Waals surface area contributed by atoms with Crippen LogP contribution in [0.2, 0.25) is 0 Å². The molecule has 0 aromatic rings. The molecule has 0 spiro atoms. The minimum Gasteiger partial charge on any atom is -0.497 e. The molecule has 0 N–H and O–H groups in total. The molecule has 0 aliphatic rings. The molecular formula is C8H12O. The average Bonchev–Trinajstić information content (AvgIpc) is 1.80. The molecule has 0 saturated heterocycles. The van der Waals surface area contributed by atoms with Crippen LogP contribution < -0.4 is 0 Å². The van der Waals surface area contributed by atoms with Gasteiger partial charge in [0.15, 0.2) is 0 Å². The van der Waals surface area contributed by atoms with Crippen LogP contribution in [0, 0.1) is 0 Å². The molecule has 0 unspecified atom stereocenters. The first kappa shape index (κ1) is 8.02. The van der Waals surface area contributed by atoms with Crippen LogP contribution in [0.15, 0.2) is 37.1 Å². The number of hydrogen-bond donors (Lipinski definition) is 0. The highest BCUT2D eigenvalue weighted by Crippen LogP contribution is 1.88. The van der Waals surface area contributed by atoms with E-state index < -0.39 is 0 Å². The molecule has 0 aliphatic heterocycles. The highest BCUT2D eigenvalue weighted by molar-refractivity contribution is 5.08. The van der Waals surface area contributed by atoms with Crippen molar-refractivity contribution in [2.24, 2.45) is 0 Å². The van der Waals surface area contributed by atoms with E-state index in [9.17, 15) is 0 Å². The first-order valence-electron chi connectivity index (χ1n) is 2.82. The van der Waals surface area contributed by atoms with Gasteiger partial charge in [0.25, 0.3) is 0 Å². The summed E-state index contributed by atoms with van der Waals surface area (Å²) in [5, 5.41) is 0. The van der Waals surface area contributed by atoms with Crippen LogP contribution in [0.1, 0.15) is 6.92 Å². The third-order valence-electron chi connectivity index (χ3n) is 0.663. The topological polar surface area (TPSA) is 9.23 Å². The predicted octanol–water partition coefficient (Wildman–Crippen LogP) is 2.28. The summed E-state index contributed by atoms with van der Waals surface area (Å²) in [6.07, 6.45) is 5.12. The molecule has 0 saturated carbocycles. The summed E-state index contributed by atoms with van der Waals surface area (Å²) in [5.74, 6) is 0. The molecule has 0 aromatic heterocycles. The zero-order valence-corrected chi connectivity index (χ0v) is 5.76. The van der Waals surface area contributed by atoms with E-state index in [0.717, 1.165) is 5.57 Å². The summed E-state index contributed by atoms with van der Waals surface area (Å²) < 4.78 is 4.93. The smallest absolute Gasteiger partial charge is 0.105 e. The summed E-state index contributed by atoms with van der Waals surface area (Å²) in [7, 11) is 0. The number of ether oxygens (including phenoxy) is 1. The second-order valence-electron chi connectivity index (χ2n) is 1.77. The van der Waals surface area contributed by atoms with Crippen LogP contribution in [0.4, 0.5) is 0 Å². The van der Waals surface area contributed by atoms with Gasteiger partial charge in [-0.1, -0.05) is 24.8 Å². The molecule has 0 atom stereocenters. The molecule has 0 bridgehead atoms. The van der Waals surface area contributed by atoms with Crippen LogP contribution in [0.25, 0.3) is 0 Å². The summed E-state index contributed by atoms with van der Waals surface area (Å²) in [4.78, 5) is 0. The van der Waals surface area contributed by atoms with Gasteiger partial charge < -0.3 is 4.74 Å². The largest absolute Gasteiger partial charge is 0.497 e. The fraction of sp³-hybridized carbons (Fsp3) is 0.250. The van der Waals surface area contributed by atoms with Gasteiger partial charge in [-0.2, -0.15) is 0 Å². The molecule has 50 valence electrons. The highest BCUT2D eigenvalue weighted by Gasteiger charge is 1.72. The Labute approximate surface area is 56.3 Å². The molecule has 0 aliphatic carbocycles. The van der Waals surface area contributed by atoms with Crippen molar-refractivity contribution in [2.75, 3.05) is 6.61 Å². The second kappa shape index (κ2) is 5.16. The van der Waals surface area contributed by atoms with Gasteiger partial charge in [0.2, 0.25) is 0 Å². The van der Waals surface area contributed by atoms with Gasteiger partial charge in [0, 0.05) is 0 Å². The van der Waals surface area contributed by atoms with E-state index in [1.807, 2.05) is 13.0 Å². The lowest BCUT2D eigenvalue weighted by Gasteiger charge is -1.91. The molecule has 0 aromatic carbocycles. The molecule has 0 fully saturated rings. The van der Waals surface area contributed by atoms with E-state index in [-0.39, 0.29) is 0 Å². The molecular weight excluding hydrogens is 112 g/mol. The maximum atomic E-state index is 4.93. The van der Waals surface area contributed by atoms with Gasteiger partial charge in [-0.25, -0.2) is 0 Å². The van der Waals surface area contributed by atoms with Crippen molar-refractivity contribution >= 4 is 0 Å². The van der Waals surface area contributed by atoms with Crippen molar-refractivity contribution in [2.45, 2.75) is 6.92 Å². The van der Waals surface area contributed by atoms with E-state index in [1.54, 1.807) is 12.3 Å². The first-order chi connectivity index (χ1) is 4.27. The van der Waals surface area contributed by atoms with E-state index in [4.69, 9.17) is 4.74 Å². The van der Waals surface area contributed by atoms with E-state index in [2.05, 4.69) is 13.2 Å². The Morgan fingerprint density at radius 1 is 1.67 bits per heavy atom. The van der Waals surface area contributed by atoms with E-state index in [1.165, 1.54) is 0 Å². The second-order valence-corrected chi connectivity index (χ2v) is 1.77. The summed E-state index contributed by atoms with van der Waals surface area (Å²) in [5.41, 5.74) is 0.985. The maximum Gasteiger partial charge on any atom is 0.105 e. The van der Waals surface area contributed by atoms with Crippen LogP contribution in [-0.4, -0.2) is 6.61 Å². The predicted molar refractivity (Wildman–Crippen MR) is 40.1 cm³/mol. The Hall–Kier alpha value is -0.980. The quantitative estimate of drug-likeness (QED) is 0.242. The standard InChI is InChI=1S/C8H12O/c1-4-6-9-7-5-8(2)3/h4-5,7H,1-2,6H2,3H3. The Kier molecular flexibility index (Phi) is 4.60. The molecule has 9 heavy (non-hydrogen) atoms. The molecule has 0 amide bonds. The third kappa shape index (κ3) is 7.02. The molecule has 0 heterocycles. The van der Waals surface area contributed by atoms with Gasteiger partial charge >= 0.3 is 0 Å². The number of rotatable bonds is 4. The third-order valence-corrected chi connectivity index (χ3v) is 0.663. The zero-order chi connectivity index (χ0) is 7.11. The Bertz CT molecular complexity index is 123. The first-order valence-corrected chi connectivity index (χ1v) is 2.82. The SMILES string of the molecule is C=CCOC=CC(=C)C. The van der Waals surface area contributed by atoms with Crippen LogP contribution >= 0.6 is 0 Å². The van der Waals surface area contributed by atoms with Crippen molar-refractivity contribution in [3.8, 4) is 0 Å². The average molecular weight is 124 g/mol. The fourth-order valence-electron chi connectivity index (χ4n) is 0.288. The monoisotopic (exact) mass is 124 g/mol. The number of hydrogen-bond acceptors (Lipinski definition) is 1. The van der Waals surface area contributed by atoms with E-state index >= 15 is 0 Å². The normalized spacial score (nSPS) is 9.44. The maximum absolute atomic E-state index is 4.93. The van der Waals surface area contributed by atoms with Crippen LogP contribution in [-0.2, 0) is 4.74 Å². The minimum atomic E-state index is 0.559. The zero-order valence-electron chi connectivity index (χ0n) is 5.76. The van der Waals surface area contributed by atoms with Gasteiger partial charge in [-0.15, -0.1) is 0 Å². The molecule has 0 rings (SSSR count). The molecule has 1 heteroatoms. The lowest BCUT2D eigenvalue weighted by molar-refractivity contribution is 0.290. The Morgan fingerprint density at radius 3 is 2.78 bits per heavy atom. The van der Waals surface area contributed by atoms with Crippen molar-refractivity contribution in [3.63, 3.8) is 0 Å². The summed E-state index contributed by atoms with van der Waals surface area (Å²) >= 11 is 0. The van der Waals surface area contributed by atoms with Gasteiger partial charge in [0.1, 0.15) is 6.61 Å². The van der Waals surface area contributed by atoms with Gasteiger partial charge in [0.05, 0.1) is 6.26 Å².